The average molecular weight is 301 g/mol. The van der Waals surface area contributed by atoms with Gasteiger partial charge < -0.3 is 14.9 Å². The molecule has 8 heteroatoms. The highest BCUT2D eigenvalue weighted by atomic mass is 16.6. The van der Waals surface area contributed by atoms with Gasteiger partial charge in [-0.1, -0.05) is 0 Å². The molecule has 3 aromatic rings. The Balaban J connectivity index is 2.14. The quantitative estimate of drug-likeness (QED) is 0.735. The molecule has 0 saturated heterocycles. The van der Waals surface area contributed by atoms with Crippen molar-refractivity contribution in [3.8, 4) is 11.5 Å². The molecule has 22 heavy (non-hydrogen) atoms. The Hall–Kier alpha value is -2.90. The van der Waals surface area contributed by atoms with Crippen molar-refractivity contribution in [3.63, 3.8) is 0 Å². The first-order valence-electron chi connectivity index (χ1n) is 6.63. The number of aromatic nitrogens is 4. The molecule has 0 aliphatic heterocycles. The van der Waals surface area contributed by atoms with E-state index in [0.29, 0.717) is 16.8 Å². The largest absolute Gasteiger partial charge is 0.463 e. The van der Waals surface area contributed by atoms with Gasteiger partial charge in [-0.3, -0.25) is 0 Å². The summed E-state index contributed by atoms with van der Waals surface area (Å²) in [4.78, 5) is 20.4. The summed E-state index contributed by atoms with van der Waals surface area (Å²) in [6, 6.07) is 3.48. The summed E-state index contributed by atoms with van der Waals surface area (Å²) >= 11 is 0. The van der Waals surface area contributed by atoms with Gasteiger partial charge in [0.15, 0.2) is 11.4 Å². The molecule has 0 aliphatic rings. The van der Waals surface area contributed by atoms with Crippen LogP contribution in [0, 0.1) is 0 Å². The number of hydrogen-bond donors (Lipinski definition) is 1. The van der Waals surface area contributed by atoms with Gasteiger partial charge in [-0.2, -0.15) is 10.1 Å². The second-order valence-corrected chi connectivity index (χ2v) is 5.68. The normalized spacial score (nSPS) is 11.8. The molecule has 0 spiro atoms. The molecule has 0 bridgehead atoms. The minimum atomic E-state index is -0.641. The Labute approximate surface area is 125 Å². The third kappa shape index (κ3) is 2.50. The van der Waals surface area contributed by atoms with E-state index in [9.17, 15) is 4.79 Å². The molecule has 0 saturated carbocycles. The van der Waals surface area contributed by atoms with Gasteiger partial charge in [0.25, 0.3) is 0 Å². The second-order valence-electron chi connectivity index (χ2n) is 5.68. The van der Waals surface area contributed by atoms with Crippen LogP contribution >= 0.6 is 0 Å². The van der Waals surface area contributed by atoms with Crippen molar-refractivity contribution in [2.24, 2.45) is 0 Å². The maximum Gasteiger partial charge on any atom is 0.437 e. The van der Waals surface area contributed by atoms with E-state index in [2.05, 4.69) is 15.1 Å². The molecule has 114 valence electrons. The van der Waals surface area contributed by atoms with Crippen molar-refractivity contribution >= 4 is 23.1 Å². The van der Waals surface area contributed by atoms with Crippen LogP contribution in [0.1, 0.15) is 20.8 Å². The van der Waals surface area contributed by atoms with Crippen LogP contribution < -0.4 is 5.73 Å². The fourth-order valence-electron chi connectivity index (χ4n) is 1.96. The number of carbonyl (C=O) groups excluding carboxylic acids is 1. The minimum Gasteiger partial charge on any atom is -0.463 e. The number of ether oxygens (including phenoxy) is 1. The summed E-state index contributed by atoms with van der Waals surface area (Å²) < 4.78 is 11.7. The van der Waals surface area contributed by atoms with Crippen LogP contribution in [0.3, 0.4) is 0 Å². The van der Waals surface area contributed by atoms with Crippen molar-refractivity contribution in [1.82, 2.24) is 19.7 Å². The van der Waals surface area contributed by atoms with Crippen LogP contribution in [0.15, 0.2) is 29.0 Å². The second kappa shape index (κ2) is 4.83. The number of nitrogens with two attached hydrogens (primary N) is 1. The summed E-state index contributed by atoms with van der Waals surface area (Å²) in [5.41, 5.74) is 5.83. The van der Waals surface area contributed by atoms with Gasteiger partial charge in [0.1, 0.15) is 11.3 Å². The highest BCUT2D eigenvalue weighted by Crippen LogP contribution is 2.27. The lowest BCUT2D eigenvalue weighted by atomic mass is 10.2. The molecule has 0 aromatic carbocycles. The first-order valence-corrected chi connectivity index (χ1v) is 6.63. The Morgan fingerprint density at radius 2 is 2.14 bits per heavy atom. The average Bonchev–Trinajstić information content (AvgIpc) is 3.04. The third-order valence-electron chi connectivity index (χ3n) is 2.77. The van der Waals surface area contributed by atoms with E-state index in [1.54, 1.807) is 32.9 Å². The summed E-state index contributed by atoms with van der Waals surface area (Å²) in [6.07, 6.45) is 2.37. The van der Waals surface area contributed by atoms with Crippen molar-refractivity contribution in [2.45, 2.75) is 26.4 Å². The molecular weight excluding hydrogens is 286 g/mol. The zero-order chi connectivity index (χ0) is 15.9. The highest BCUT2D eigenvalue weighted by molar-refractivity contribution is 5.93. The molecule has 3 rings (SSSR count). The monoisotopic (exact) mass is 301 g/mol. The molecule has 0 atom stereocenters. The van der Waals surface area contributed by atoms with Gasteiger partial charge in [0.05, 0.1) is 17.8 Å². The first-order chi connectivity index (χ1) is 10.3. The number of rotatable bonds is 1. The highest BCUT2D eigenvalue weighted by Gasteiger charge is 2.23. The molecular formula is C14H15N5O3. The van der Waals surface area contributed by atoms with Gasteiger partial charge in [-0.15, -0.1) is 4.68 Å². The lowest BCUT2D eigenvalue weighted by molar-refractivity contribution is 0.0522. The van der Waals surface area contributed by atoms with Gasteiger partial charge in [0, 0.05) is 0 Å². The fraction of sp³-hybridized carbons (Fsp3) is 0.286. The topological polar surface area (TPSA) is 109 Å². The van der Waals surface area contributed by atoms with Crippen LogP contribution in [-0.4, -0.2) is 31.4 Å². The lowest BCUT2D eigenvalue weighted by Gasteiger charge is -2.18. The van der Waals surface area contributed by atoms with E-state index in [1.807, 2.05) is 0 Å². The van der Waals surface area contributed by atoms with Crippen molar-refractivity contribution in [1.29, 1.82) is 0 Å². The Kier molecular flexibility index (Phi) is 3.09. The number of nitrogens with zero attached hydrogens (tertiary/aromatic N) is 4. The summed E-state index contributed by atoms with van der Waals surface area (Å²) in [7, 11) is 0. The van der Waals surface area contributed by atoms with E-state index in [0.717, 1.165) is 4.68 Å². The van der Waals surface area contributed by atoms with Gasteiger partial charge in [0.2, 0.25) is 5.95 Å². The molecule has 3 heterocycles. The maximum absolute atomic E-state index is 12.2. The summed E-state index contributed by atoms with van der Waals surface area (Å²) in [5.74, 6) is 0.534. The first kappa shape index (κ1) is 14.1. The number of furan rings is 1. The molecule has 0 fully saturated rings. The molecule has 0 amide bonds. The predicted molar refractivity (Wildman–Crippen MR) is 79.1 cm³/mol. The fourth-order valence-corrected chi connectivity index (χ4v) is 1.96. The zero-order valence-corrected chi connectivity index (χ0v) is 12.4. The van der Waals surface area contributed by atoms with Crippen LogP contribution in [0.25, 0.3) is 22.5 Å². The van der Waals surface area contributed by atoms with Crippen LogP contribution in [0.5, 0.6) is 0 Å². The molecule has 2 N–H and O–H groups in total. The Bertz CT molecular complexity index is 830. The molecule has 8 nitrogen and oxygen atoms in total. The van der Waals surface area contributed by atoms with E-state index in [-0.39, 0.29) is 11.6 Å². The smallest absolute Gasteiger partial charge is 0.437 e. The van der Waals surface area contributed by atoms with Gasteiger partial charge in [-0.25, -0.2) is 9.78 Å². The number of nitrogen functional groups attached to an aromatic ring is 1. The number of anilines is 1. The van der Waals surface area contributed by atoms with Gasteiger partial charge in [-0.05, 0) is 32.9 Å². The van der Waals surface area contributed by atoms with Crippen molar-refractivity contribution < 1.29 is 13.9 Å². The summed E-state index contributed by atoms with van der Waals surface area (Å²) in [5, 5.41) is 4.58. The van der Waals surface area contributed by atoms with E-state index in [4.69, 9.17) is 14.9 Å². The van der Waals surface area contributed by atoms with Crippen LogP contribution in [-0.2, 0) is 4.74 Å². The SMILES string of the molecule is CC(C)(C)OC(=O)n1ncc2c(-c3ccco3)nc(N)nc21. The maximum atomic E-state index is 12.2. The van der Waals surface area contributed by atoms with Crippen LogP contribution in [0.4, 0.5) is 10.7 Å². The van der Waals surface area contributed by atoms with Crippen molar-refractivity contribution in [2.75, 3.05) is 5.73 Å². The predicted octanol–water partition coefficient (Wildman–Crippen LogP) is 2.45. The third-order valence-corrected chi connectivity index (χ3v) is 2.77. The number of carbonyl (C=O) groups is 1. The van der Waals surface area contributed by atoms with E-state index in [1.165, 1.54) is 12.5 Å². The summed E-state index contributed by atoms with van der Waals surface area (Å²) in [6.45, 7) is 5.32. The molecule has 0 radical (unpaired) electrons. The van der Waals surface area contributed by atoms with Crippen LogP contribution in [0.2, 0.25) is 0 Å². The number of hydrogen-bond acceptors (Lipinski definition) is 7. The lowest BCUT2D eigenvalue weighted by Crippen LogP contribution is -2.27. The number of fused-ring (bicyclic) bond motifs is 1. The standard InChI is InChI=1S/C14H15N5O3/c1-14(2,3)22-13(20)19-11-8(7-16-19)10(17-12(15)18-11)9-5-4-6-21-9/h4-7H,1-3H3,(H2,15,17,18). The van der Waals surface area contributed by atoms with Gasteiger partial charge >= 0.3 is 6.09 Å². The molecule has 0 aliphatic carbocycles. The van der Waals surface area contributed by atoms with E-state index >= 15 is 0 Å². The van der Waals surface area contributed by atoms with Crippen molar-refractivity contribution in [3.05, 3.63) is 24.6 Å². The molecule has 0 unspecified atom stereocenters. The van der Waals surface area contributed by atoms with E-state index < -0.39 is 11.7 Å². The minimum absolute atomic E-state index is 0.0178. The Morgan fingerprint density at radius 3 is 2.77 bits per heavy atom. The Morgan fingerprint density at radius 1 is 1.36 bits per heavy atom. The molecule has 3 aromatic heterocycles. The zero-order valence-electron chi connectivity index (χ0n) is 12.4.